The normalized spacial score (nSPS) is 15.1. The molecule has 3 heterocycles. The van der Waals surface area contributed by atoms with Crippen LogP contribution in [0.4, 0.5) is 10.6 Å². The predicted octanol–water partition coefficient (Wildman–Crippen LogP) is 4.55. The van der Waals surface area contributed by atoms with Crippen molar-refractivity contribution in [1.29, 1.82) is 0 Å². The molecule has 31 heavy (non-hydrogen) atoms. The third-order valence-electron chi connectivity index (χ3n) is 4.65. The van der Waals surface area contributed by atoms with Gasteiger partial charge in [0, 0.05) is 22.8 Å². The number of para-hydroxylation sites is 1. The topological polar surface area (TPSA) is 94.5 Å². The van der Waals surface area contributed by atoms with Gasteiger partial charge in [-0.1, -0.05) is 35.9 Å². The lowest BCUT2D eigenvalue weighted by Gasteiger charge is -2.23. The Morgan fingerprint density at radius 3 is 2.61 bits per heavy atom. The van der Waals surface area contributed by atoms with Crippen molar-refractivity contribution in [2.75, 3.05) is 4.90 Å². The molecule has 0 spiro atoms. The Kier molecular flexibility index (Phi) is 4.68. The van der Waals surface area contributed by atoms with Gasteiger partial charge in [0.05, 0.1) is 5.52 Å². The van der Waals surface area contributed by atoms with E-state index in [1.165, 1.54) is 17.3 Å². The molecule has 0 N–H and O–H groups in total. The summed E-state index contributed by atoms with van der Waals surface area (Å²) in [6.07, 6.45) is 0.641. The molecule has 2 aromatic heterocycles. The molecule has 0 saturated carbocycles. The van der Waals surface area contributed by atoms with Crippen molar-refractivity contribution >= 4 is 40.4 Å². The quantitative estimate of drug-likeness (QED) is 0.346. The molecule has 4 aromatic rings. The standard InChI is InChI=1S/C22H13ClN4O4/c23-14-8-6-13-7-9-17(26-16(13)12-14)27-20(28)18-19(25-11-10-24-18)21(27)31-22(29)30-15-4-2-1-3-5-15/h1-12,21H. The second kappa shape index (κ2) is 7.66. The van der Waals surface area contributed by atoms with Crippen LogP contribution in [0.3, 0.4) is 0 Å². The van der Waals surface area contributed by atoms with Gasteiger partial charge in [-0.15, -0.1) is 0 Å². The lowest BCUT2D eigenvalue weighted by molar-refractivity contribution is 0.0555. The summed E-state index contributed by atoms with van der Waals surface area (Å²) in [4.78, 5) is 39.6. The number of anilines is 1. The van der Waals surface area contributed by atoms with Crippen LogP contribution in [0.5, 0.6) is 5.75 Å². The summed E-state index contributed by atoms with van der Waals surface area (Å²) in [7, 11) is 0. The minimum absolute atomic E-state index is 0.0769. The van der Waals surface area contributed by atoms with Crippen LogP contribution in [0.2, 0.25) is 5.02 Å². The number of halogens is 1. The molecule has 1 unspecified atom stereocenters. The van der Waals surface area contributed by atoms with Gasteiger partial charge >= 0.3 is 6.16 Å². The highest BCUT2D eigenvalue weighted by Gasteiger charge is 2.44. The van der Waals surface area contributed by atoms with Crippen LogP contribution in [0.15, 0.2) is 73.1 Å². The summed E-state index contributed by atoms with van der Waals surface area (Å²) >= 11 is 6.08. The zero-order valence-electron chi connectivity index (χ0n) is 15.8. The van der Waals surface area contributed by atoms with Crippen LogP contribution in [-0.2, 0) is 4.74 Å². The molecule has 1 aliphatic heterocycles. The molecule has 5 rings (SSSR count). The number of hydrogen-bond donors (Lipinski definition) is 0. The van der Waals surface area contributed by atoms with E-state index >= 15 is 0 Å². The van der Waals surface area contributed by atoms with E-state index in [1.807, 2.05) is 6.07 Å². The van der Waals surface area contributed by atoms with Gasteiger partial charge in [0.15, 0.2) is 5.69 Å². The van der Waals surface area contributed by atoms with E-state index in [1.54, 1.807) is 54.6 Å². The molecule has 0 radical (unpaired) electrons. The van der Waals surface area contributed by atoms with Gasteiger partial charge in [0.25, 0.3) is 5.91 Å². The minimum atomic E-state index is -1.18. The molecule has 0 saturated heterocycles. The zero-order valence-corrected chi connectivity index (χ0v) is 16.6. The number of aromatic nitrogens is 3. The molecular formula is C22H13ClN4O4. The van der Waals surface area contributed by atoms with Crippen molar-refractivity contribution in [3.63, 3.8) is 0 Å². The number of pyridine rings is 1. The van der Waals surface area contributed by atoms with Crippen LogP contribution in [0.25, 0.3) is 10.9 Å². The lowest BCUT2D eigenvalue weighted by atomic mass is 10.2. The van der Waals surface area contributed by atoms with Crippen molar-refractivity contribution in [1.82, 2.24) is 15.0 Å². The number of benzene rings is 2. The highest BCUT2D eigenvalue weighted by Crippen LogP contribution is 2.36. The van der Waals surface area contributed by atoms with Crippen molar-refractivity contribution in [3.8, 4) is 5.75 Å². The van der Waals surface area contributed by atoms with Gasteiger partial charge < -0.3 is 9.47 Å². The fourth-order valence-corrected chi connectivity index (χ4v) is 3.45. The maximum atomic E-state index is 13.1. The smallest absolute Gasteiger partial charge is 0.403 e. The Labute approximate surface area is 181 Å². The lowest BCUT2D eigenvalue weighted by Crippen LogP contribution is -2.32. The average Bonchev–Trinajstić information content (AvgIpc) is 3.05. The number of rotatable bonds is 3. The first kappa shape index (κ1) is 19.0. The van der Waals surface area contributed by atoms with E-state index in [2.05, 4.69) is 15.0 Å². The number of carbonyl (C=O) groups excluding carboxylic acids is 2. The number of hydrogen-bond acceptors (Lipinski definition) is 7. The third kappa shape index (κ3) is 3.53. The molecule has 152 valence electrons. The van der Waals surface area contributed by atoms with Crippen LogP contribution < -0.4 is 9.64 Å². The Hall–Kier alpha value is -4.04. The zero-order chi connectivity index (χ0) is 21.4. The van der Waals surface area contributed by atoms with E-state index in [0.717, 1.165) is 5.39 Å². The number of ether oxygens (including phenoxy) is 2. The average molecular weight is 433 g/mol. The highest BCUT2D eigenvalue weighted by atomic mass is 35.5. The van der Waals surface area contributed by atoms with Gasteiger partial charge in [-0.25, -0.2) is 19.7 Å². The number of amides is 1. The first-order valence-corrected chi connectivity index (χ1v) is 9.62. The highest BCUT2D eigenvalue weighted by molar-refractivity contribution is 6.31. The third-order valence-corrected chi connectivity index (χ3v) is 4.89. The maximum Gasteiger partial charge on any atom is 0.516 e. The largest absolute Gasteiger partial charge is 0.516 e. The number of nitrogens with zero attached hydrogens (tertiary/aromatic N) is 4. The molecule has 2 aromatic carbocycles. The van der Waals surface area contributed by atoms with Crippen molar-refractivity contribution in [2.24, 2.45) is 0 Å². The predicted molar refractivity (Wildman–Crippen MR) is 112 cm³/mol. The van der Waals surface area contributed by atoms with Crippen LogP contribution in [0.1, 0.15) is 22.4 Å². The molecular weight excluding hydrogens is 420 g/mol. The first-order valence-electron chi connectivity index (χ1n) is 9.24. The monoisotopic (exact) mass is 432 g/mol. The van der Waals surface area contributed by atoms with Gasteiger partial charge in [0.1, 0.15) is 17.3 Å². The Balaban J connectivity index is 1.52. The fourth-order valence-electron chi connectivity index (χ4n) is 3.28. The van der Waals surface area contributed by atoms with E-state index < -0.39 is 18.3 Å². The summed E-state index contributed by atoms with van der Waals surface area (Å²) in [6.45, 7) is 0. The van der Waals surface area contributed by atoms with Crippen LogP contribution in [0, 0.1) is 0 Å². The van der Waals surface area contributed by atoms with Crippen molar-refractivity contribution in [3.05, 3.63) is 89.5 Å². The number of carbonyl (C=O) groups is 2. The second-order valence-corrected chi connectivity index (χ2v) is 7.04. The SMILES string of the molecule is O=C(Oc1ccccc1)OC1c2nccnc2C(=O)N1c1ccc2ccc(Cl)cc2n1. The first-order chi connectivity index (χ1) is 15.1. The van der Waals surface area contributed by atoms with Crippen LogP contribution >= 0.6 is 11.6 Å². The number of fused-ring (bicyclic) bond motifs is 2. The summed E-state index contributed by atoms with van der Waals surface area (Å²) in [6, 6.07) is 17.2. The molecule has 0 bridgehead atoms. The van der Waals surface area contributed by atoms with Gasteiger partial charge in [-0.3, -0.25) is 9.78 Å². The summed E-state index contributed by atoms with van der Waals surface area (Å²) < 4.78 is 10.7. The van der Waals surface area contributed by atoms with E-state index in [9.17, 15) is 9.59 Å². The molecule has 8 nitrogen and oxygen atoms in total. The van der Waals surface area contributed by atoms with Crippen LogP contribution in [-0.4, -0.2) is 27.0 Å². The summed E-state index contributed by atoms with van der Waals surface area (Å²) in [5, 5.41) is 1.35. The van der Waals surface area contributed by atoms with E-state index in [-0.39, 0.29) is 17.2 Å². The van der Waals surface area contributed by atoms with Crippen molar-refractivity contribution < 1.29 is 19.1 Å². The van der Waals surface area contributed by atoms with Crippen molar-refractivity contribution in [2.45, 2.75) is 6.23 Å². The molecule has 1 atom stereocenters. The molecule has 9 heteroatoms. The second-order valence-electron chi connectivity index (χ2n) is 6.61. The molecule has 1 amide bonds. The summed E-state index contributed by atoms with van der Waals surface area (Å²) in [5.74, 6) is 0.0766. The van der Waals surface area contributed by atoms with Gasteiger partial charge in [-0.2, -0.15) is 0 Å². The Morgan fingerprint density at radius 2 is 1.77 bits per heavy atom. The molecule has 0 fully saturated rings. The summed E-state index contributed by atoms with van der Waals surface area (Å²) in [5.41, 5.74) is 0.860. The maximum absolute atomic E-state index is 13.1. The Bertz CT molecular complexity index is 1320. The molecule has 1 aliphatic rings. The minimum Gasteiger partial charge on any atom is -0.403 e. The fraction of sp³-hybridized carbons (Fsp3) is 0.0455. The van der Waals surface area contributed by atoms with E-state index in [0.29, 0.717) is 16.3 Å². The Morgan fingerprint density at radius 1 is 1.00 bits per heavy atom. The molecule has 0 aliphatic carbocycles. The van der Waals surface area contributed by atoms with Gasteiger partial charge in [0.2, 0.25) is 6.23 Å². The van der Waals surface area contributed by atoms with Gasteiger partial charge in [-0.05, 0) is 36.4 Å². The van der Waals surface area contributed by atoms with E-state index in [4.69, 9.17) is 21.1 Å².